The van der Waals surface area contributed by atoms with E-state index >= 15 is 0 Å². The smallest absolute Gasteiger partial charge is 0.191 e. The lowest BCUT2D eigenvalue weighted by atomic mass is 10.1. The molecule has 0 aliphatic carbocycles. The summed E-state index contributed by atoms with van der Waals surface area (Å²) in [6.45, 7) is 11.1. The van der Waals surface area contributed by atoms with Crippen molar-refractivity contribution >= 4 is 29.9 Å². The monoisotopic (exact) mass is 342 g/mol. The van der Waals surface area contributed by atoms with E-state index in [0.717, 1.165) is 25.6 Å². The Morgan fingerprint density at radius 3 is 1.88 bits per heavy atom. The minimum Gasteiger partial charge on any atom is -0.357 e. The van der Waals surface area contributed by atoms with E-state index < -0.39 is 0 Å². The van der Waals surface area contributed by atoms with Crippen molar-refractivity contribution in [1.29, 1.82) is 0 Å². The number of rotatable bonds is 5. The molecule has 0 saturated carbocycles. The summed E-state index contributed by atoms with van der Waals surface area (Å²) in [6, 6.07) is 0. The topological polar surface area (TPSA) is 39.7 Å². The third kappa shape index (κ3) is 7.27. The van der Waals surface area contributed by atoms with E-state index in [0.29, 0.717) is 0 Å². The first-order valence-electron chi connectivity index (χ1n) is 5.63. The van der Waals surface area contributed by atoms with Gasteiger partial charge in [0.05, 0.1) is 6.54 Å². The second-order valence-corrected chi connectivity index (χ2v) is 4.43. The van der Waals surface area contributed by atoms with Gasteiger partial charge >= 0.3 is 0 Å². The number of hydrogen-bond acceptors (Lipinski definition) is 2. The highest BCUT2D eigenvalue weighted by Gasteiger charge is 2.19. The molecular weight excluding hydrogens is 315 g/mol. The molecule has 0 saturated heterocycles. The predicted octanol–water partition coefficient (Wildman–Crippen LogP) is 1.52. The van der Waals surface area contributed by atoms with Crippen molar-refractivity contribution < 1.29 is 0 Å². The van der Waals surface area contributed by atoms with Crippen molar-refractivity contribution in [3.63, 3.8) is 0 Å². The number of nitrogens with zero attached hydrogens (tertiary/aromatic N) is 2. The number of likely N-dealkylation sites (N-methyl/N-ethyl adjacent to an activating group) is 1. The molecule has 0 aliphatic heterocycles. The lowest BCUT2D eigenvalue weighted by molar-refractivity contribution is 0.204. The van der Waals surface area contributed by atoms with Gasteiger partial charge in [0.2, 0.25) is 0 Å². The largest absolute Gasteiger partial charge is 0.357 e. The number of hydrogen-bond donors (Lipinski definition) is 2. The molecule has 0 radical (unpaired) electrons. The molecule has 0 spiro atoms. The summed E-state index contributed by atoms with van der Waals surface area (Å²) in [6.07, 6.45) is 0. The van der Waals surface area contributed by atoms with Crippen LogP contribution in [0.1, 0.15) is 27.7 Å². The number of nitrogens with one attached hydrogen (secondary N) is 2. The molecule has 0 atom stereocenters. The van der Waals surface area contributed by atoms with Gasteiger partial charge in [0, 0.05) is 18.6 Å². The zero-order valence-corrected chi connectivity index (χ0v) is 13.8. The number of guanidine groups is 1. The van der Waals surface area contributed by atoms with Crippen LogP contribution in [-0.2, 0) is 0 Å². The zero-order chi connectivity index (χ0) is 11.9. The molecule has 0 aliphatic rings. The first-order valence-corrected chi connectivity index (χ1v) is 5.63. The maximum Gasteiger partial charge on any atom is 0.191 e. The first-order chi connectivity index (χ1) is 6.94. The Balaban J connectivity index is 0. The van der Waals surface area contributed by atoms with Gasteiger partial charge in [-0.1, -0.05) is 0 Å². The summed E-state index contributed by atoms with van der Waals surface area (Å²) >= 11 is 0. The van der Waals surface area contributed by atoms with E-state index in [1.165, 1.54) is 0 Å². The van der Waals surface area contributed by atoms with Gasteiger partial charge in [-0.25, -0.2) is 0 Å². The van der Waals surface area contributed by atoms with Crippen LogP contribution in [0.3, 0.4) is 0 Å². The summed E-state index contributed by atoms with van der Waals surface area (Å²) in [4.78, 5) is 6.74. The molecule has 4 nitrogen and oxygen atoms in total. The molecule has 2 N–H and O–H groups in total. The Kier molecular flexibility index (Phi) is 10.4. The van der Waals surface area contributed by atoms with Crippen LogP contribution in [0.2, 0.25) is 0 Å². The Morgan fingerprint density at radius 2 is 1.56 bits per heavy atom. The summed E-state index contributed by atoms with van der Waals surface area (Å²) in [5, 5.41) is 6.43. The molecule has 0 aromatic heterocycles. The molecular formula is C11H27IN4. The van der Waals surface area contributed by atoms with Crippen molar-refractivity contribution in [2.45, 2.75) is 33.2 Å². The van der Waals surface area contributed by atoms with Gasteiger partial charge in [-0.2, -0.15) is 0 Å². The van der Waals surface area contributed by atoms with E-state index in [2.05, 4.69) is 62.3 Å². The summed E-state index contributed by atoms with van der Waals surface area (Å²) in [7, 11) is 4.16. The van der Waals surface area contributed by atoms with Gasteiger partial charge in [-0.15, -0.1) is 24.0 Å². The van der Waals surface area contributed by atoms with Crippen molar-refractivity contribution in [1.82, 2.24) is 15.5 Å². The third-order valence-corrected chi connectivity index (χ3v) is 2.52. The second-order valence-electron chi connectivity index (χ2n) is 4.43. The van der Waals surface area contributed by atoms with Crippen molar-refractivity contribution in [3.05, 3.63) is 0 Å². The fourth-order valence-corrected chi connectivity index (χ4v) is 0.923. The van der Waals surface area contributed by atoms with Crippen LogP contribution in [0.5, 0.6) is 0 Å². The quantitative estimate of drug-likeness (QED) is 0.452. The van der Waals surface area contributed by atoms with Gasteiger partial charge in [0.25, 0.3) is 0 Å². The van der Waals surface area contributed by atoms with Crippen molar-refractivity contribution in [3.8, 4) is 0 Å². The second kappa shape index (κ2) is 9.04. The van der Waals surface area contributed by atoms with E-state index in [9.17, 15) is 0 Å². The minimum absolute atomic E-state index is 0. The molecule has 0 rings (SSSR count). The summed E-state index contributed by atoms with van der Waals surface area (Å²) < 4.78 is 0. The van der Waals surface area contributed by atoms with Crippen LogP contribution in [0.25, 0.3) is 0 Å². The highest BCUT2D eigenvalue weighted by molar-refractivity contribution is 14.0. The van der Waals surface area contributed by atoms with E-state index in [1.807, 2.05) is 0 Å². The molecule has 98 valence electrons. The number of aliphatic imine (C=N–C) groups is 1. The Morgan fingerprint density at radius 1 is 1.12 bits per heavy atom. The summed E-state index contributed by atoms with van der Waals surface area (Å²) in [5.41, 5.74) is 0.0933. The Hall–Kier alpha value is -0.0400. The SMILES string of the molecule is CCNC(=NCC(C)(C)N(C)C)NCC.I. The van der Waals surface area contributed by atoms with Crippen LogP contribution >= 0.6 is 24.0 Å². The molecule has 0 aromatic carbocycles. The van der Waals surface area contributed by atoms with Crippen LogP contribution in [-0.4, -0.2) is 50.1 Å². The molecule has 0 fully saturated rings. The van der Waals surface area contributed by atoms with Crippen LogP contribution in [0.4, 0.5) is 0 Å². The average molecular weight is 342 g/mol. The minimum atomic E-state index is 0. The van der Waals surface area contributed by atoms with Crippen LogP contribution in [0, 0.1) is 0 Å². The van der Waals surface area contributed by atoms with E-state index in [-0.39, 0.29) is 29.5 Å². The van der Waals surface area contributed by atoms with Gasteiger partial charge in [-0.05, 0) is 41.8 Å². The fraction of sp³-hybridized carbons (Fsp3) is 0.909. The maximum absolute atomic E-state index is 4.55. The molecule has 0 aromatic rings. The maximum atomic E-state index is 4.55. The molecule has 0 unspecified atom stereocenters. The lowest BCUT2D eigenvalue weighted by Gasteiger charge is -2.31. The molecule has 0 heterocycles. The van der Waals surface area contributed by atoms with Crippen LogP contribution < -0.4 is 10.6 Å². The third-order valence-electron chi connectivity index (χ3n) is 2.52. The van der Waals surface area contributed by atoms with Gasteiger partial charge < -0.3 is 15.5 Å². The highest BCUT2D eigenvalue weighted by Crippen LogP contribution is 2.09. The molecule has 0 amide bonds. The molecule has 16 heavy (non-hydrogen) atoms. The fourth-order valence-electron chi connectivity index (χ4n) is 0.923. The van der Waals surface area contributed by atoms with E-state index in [4.69, 9.17) is 0 Å². The van der Waals surface area contributed by atoms with Crippen molar-refractivity contribution in [2.75, 3.05) is 33.7 Å². The standard InChI is InChI=1S/C11H26N4.HI/c1-7-12-10(13-8-2)14-9-11(3,4)15(5)6;/h7-9H2,1-6H3,(H2,12,13,14);1H. The Bertz CT molecular complexity index is 194. The van der Waals surface area contributed by atoms with Gasteiger partial charge in [0.1, 0.15) is 0 Å². The van der Waals surface area contributed by atoms with Gasteiger partial charge in [0.15, 0.2) is 5.96 Å². The van der Waals surface area contributed by atoms with Crippen molar-refractivity contribution in [2.24, 2.45) is 4.99 Å². The van der Waals surface area contributed by atoms with Crippen LogP contribution in [0.15, 0.2) is 4.99 Å². The van der Waals surface area contributed by atoms with Gasteiger partial charge in [-0.3, -0.25) is 4.99 Å². The highest BCUT2D eigenvalue weighted by atomic mass is 127. The average Bonchev–Trinajstić information content (AvgIpc) is 2.15. The van der Waals surface area contributed by atoms with E-state index in [1.54, 1.807) is 0 Å². The normalized spacial score (nSPS) is 10.7. The molecule has 5 heteroatoms. The number of halogens is 1. The Labute approximate surface area is 117 Å². The molecule has 0 bridgehead atoms. The zero-order valence-electron chi connectivity index (χ0n) is 11.4. The predicted molar refractivity (Wildman–Crippen MR) is 82.8 cm³/mol. The first kappa shape index (κ1) is 18.3. The lowest BCUT2D eigenvalue weighted by Crippen LogP contribution is -2.43. The summed E-state index contributed by atoms with van der Waals surface area (Å²) in [5.74, 6) is 0.898.